The number of pyridine rings is 1. The molecule has 0 amide bonds. The van der Waals surface area contributed by atoms with Gasteiger partial charge in [0.15, 0.2) is 0 Å². The molecule has 0 aliphatic rings. The Kier molecular flexibility index (Phi) is 4.99. The molecule has 6 nitrogen and oxygen atoms in total. The molecule has 0 saturated carbocycles. The van der Waals surface area contributed by atoms with Gasteiger partial charge >= 0.3 is 5.97 Å². The third-order valence-electron chi connectivity index (χ3n) is 4.97. The van der Waals surface area contributed by atoms with Crippen LogP contribution >= 0.6 is 0 Å². The van der Waals surface area contributed by atoms with Crippen LogP contribution in [-0.4, -0.2) is 30.4 Å². The van der Waals surface area contributed by atoms with Crippen molar-refractivity contribution < 1.29 is 9.90 Å². The molecule has 6 heteroatoms. The Hall–Kier alpha value is -3.67. The smallest absolute Gasteiger partial charge is 0.331 e. The summed E-state index contributed by atoms with van der Waals surface area (Å²) >= 11 is 0. The van der Waals surface area contributed by atoms with Crippen LogP contribution in [0.25, 0.3) is 22.9 Å². The first-order valence-corrected chi connectivity index (χ1v) is 9.56. The minimum absolute atomic E-state index is 0.345. The molecule has 29 heavy (non-hydrogen) atoms. The summed E-state index contributed by atoms with van der Waals surface area (Å²) in [6.45, 7) is 4.33. The number of fused-ring (bicyclic) bond motifs is 1. The largest absolute Gasteiger partial charge is 0.478 e. The topological polar surface area (TPSA) is 72.9 Å². The van der Waals surface area contributed by atoms with Crippen molar-refractivity contribution in [3.05, 3.63) is 83.3 Å². The van der Waals surface area contributed by atoms with Gasteiger partial charge in [-0.3, -0.25) is 4.57 Å². The predicted molar refractivity (Wildman–Crippen MR) is 113 cm³/mol. The zero-order valence-corrected chi connectivity index (χ0v) is 16.4. The van der Waals surface area contributed by atoms with E-state index in [4.69, 9.17) is 5.10 Å². The van der Waals surface area contributed by atoms with Gasteiger partial charge in [-0.15, -0.1) is 0 Å². The van der Waals surface area contributed by atoms with E-state index in [2.05, 4.69) is 17.1 Å². The number of aryl methyl sites for hydroxylation is 1. The number of hydrogen-bond acceptors (Lipinski definition) is 3. The molecule has 1 aromatic carbocycles. The first-order valence-electron chi connectivity index (χ1n) is 9.56. The molecule has 1 N–H and O–H groups in total. The van der Waals surface area contributed by atoms with Crippen molar-refractivity contribution in [1.82, 2.24) is 19.3 Å². The number of hydrogen-bond donors (Lipinski definition) is 1. The minimum atomic E-state index is -0.913. The number of rotatable bonds is 6. The SMILES string of the molecule is CC/C(=C\c1c(C)nn(Cc2ccccc2)c1-n1ccc2cccnc21)C(=O)O. The van der Waals surface area contributed by atoms with Gasteiger partial charge in [-0.25, -0.2) is 14.5 Å². The van der Waals surface area contributed by atoms with Crippen LogP contribution < -0.4 is 0 Å². The maximum absolute atomic E-state index is 11.6. The Morgan fingerprint density at radius 1 is 1.14 bits per heavy atom. The van der Waals surface area contributed by atoms with E-state index in [0.29, 0.717) is 18.5 Å². The van der Waals surface area contributed by atoms with E-state index in [9.17, 15) is 9.90 Å². The van der Waals surface area contributed by atoms with Crippen LogP contribution in [0.4, 0.5) is 0 Å². The number of carbonyl (C=O) groups is 1. The summed E-state index contributed by atoms with van der Waals surface area (Å²) < 4.78 is 3.90. The second-order valence-electron chi connectivity index (χ2n) is 6.90. The van der Waals surface area contributed by atoms with Crippen molar-refractivity contribution in [3.8, 4) is 5.82 Å². The minimum Gasteiger partial charge on any atom is -0.478 e. The molecule has 0 aliphatic carbocycles. The van der Waals surface area contributed by atoms with Gasteiger partial charge in [-0.05, 0) is 43.2 Å². The molecule has 0 bridgehead atoms. The van der Waals surface area contributed by atoms with Crippen molar-refractivity contribution in [1.29, 1.82) is 0 Å². The lowest BCUT2D eigenvalue weighted by Crippen LogP contribution is -2.09. The molecule has 4 rings (SSSR count). The number of benzene rings is 1. The third-order valence-corrected chi connectivity index (χ3v) is 4.97. The number of carboxylic acid groups (broad SMARTS) is 1. The second-order valence-corrected chi connectivity index (χ2v) is 6.90. The lowest BCUT2D eigenvalue weighted by molar-refractivity contribution is -0.132. The fraction of sp³-hybridized carbons (Fsp3) is 0.174. The summed E-state index contributed by atoms with van der Waals surface area (Å²) in [5.41, 5.74) is 3.84. The molecule has 0 spiro atoms. The van der Waals surface area contributed by atoms with Crippen molar-refractivity contribution >= 4 is 23.1 Å². The molecule has 0 atom stereocenters. The number of nitrogens with zero attached hydrogens (tertiary/aromatic N) is 4. The Morgan fingerprint density at radius 2 is 1.93 bits per heavy atom. The summed E-state index contributed by atoms with van der Waals surface area (Å²) in [6.07, 6.45) is 5.88. The van der Waals surface area contributed by atoms with Crippen LogP contribution in [0.1, 0.15) is 30.2 Å². The summed E-state index contributed by atoms with van der Waals surface area (Å²) in [6, 6.07) is 16.0. The van der Waals surface area contributed by atoms with Crippen LogP contribution in [0, 0.1) is 6.92 Å². The maximum atomic E-state index is 11.6. The van der Waals surface area contributed by atoms with Crippen molar-refractivity contribution in [2.45, 2.75) is 26.8 Å². The highest BCUT2D eigenvalue weighted by Gasteiger charge is 2.19. The standard InChI is InChI=1S/C23H22N4O2/c1-3-18(23(28)29)14-20-16(2)25-27(15-17-8-5-4-6-9-17)22(20)26-13-11-19-10-7-12-24-21(19)26/h4-14H,3,15H2,1-2H3,(H,28,29)/b18-14+. The first-order chi connectivity index (χ1) is 14.1. The Bertz CT molecular complexity index is 1200. The van der Waals surface area contributed by atoms with Gasteiger partial charge in [0.1, 0.15) is 11.5 Å². The first kappa shape index (κ1) is 18.7. The Balaban J connectivity index is 1.95. The molecule has 0 unspecified atom stereocenters. The van der Waals surface area contributed by atoms with Gasteiger partial charge in [0, 0.05) is 28.9 Å². The lowest BCUT2D eigenvalue weighted by atomic mass is 10.1. The van der Waals surface area contributed by atoms with Gasteiger partial charge in [-0.1, -0.05) is 37.3 Å². The van der Waals surface area contributed by atoms with Crippen LogP contribution in [-0.2, 0) is 11.3 Å². The highest BCUT2D eigenvalue weighted by molar-refractivity contribution is 5.93. The quantitative estimate of drug-likeness (QED) is 0.497. The van der Waals surface area contributed by atoms with E-state index in [1.165, 1.54) is 0 Å². The van der Waals surface area contributed by atoms with E-state index in [1.54, 1.807) is 12.3 Å². The van der Waals surface area contributed by atoms with Crippen LogP contribution in [0.15, 0.2) is 66.5 Å². The molecule has 3 heterocycles. The molecule has 0 fully saturated rings. The molecule has 3 aromatic heterocycles. The molecule has 0 saturated heterocycles. The van der Waals surface area contributed by atoms with E-state index in [0.717, 1.165) is 33.7 Å². The molecular formula is C23H22N4O2. The summed E-state index contributed by atoms with van der Waals surface area (Å²) in [5.74, 6) is -0.101. The highest BCUT2D eigenvalue weighted by Crippen LogP contribution is 2.27. The Labute approximate surface area is 168 Å². The van der Waals surface area contributed by atoms with Crippen LogP contribution in [0.5, 0.6) is 0 Å². The van der Waals surface area contributed by atoms with Gasteiger partial charge in [-0.2, -0.15) is 5.10 Å². The van der Waals surface area contributed by atoms with Gasteiger partial charge in [0.25, 0.3) is 0 Å². The van der Waals surface area contributed by atoms with Crippen molar-refractivity contribution in [2.24, 2.45) is 0 Å². The third kappa shape index (κ3) is 3.57. The van der Waals surface area contributed by atoms with Crippen LogP contribution in [0.3, 0.4) is 0 Å². The Morgan fingerprint density at radius 3 is 2.66 bits per heavy atom. The van der Waals surface area contributed by atoms with Gasteiger partial charge < -0.3 is 5.11 Å². The van der Waals surface area contributed by atoms with E-state index in [-0.39, 0.29) is 0 Å². The number of aromatic nitrogens is 4. The molecule has 0 radical (unpaired) electrons. The molecular weight excluding hydrogens is 364 g/mol. The van der Waals surface area contributed by atoms with E-state index in [1.807, 2.05) is 65.7 Å². The average molecular weight is 386 g/mol. The van der Waals surface area contributed by atoms with Crippen molar-refractivity contribution in [3.63, 3.8) is 0 Å². The fourth-order valence-corrected chi connectivity index (χ4v) is 3.50. The highest BCUT2D eigenvalue weighted by atomic mass is 16.4. The van der Waals surface area contributed by atoms with Crippen LogP contribution in [0.2, 0.25) is 0 Å². The van der Waals surface area contributed by atoms with E-state index < -0.39 is 5.97 Å². The monoisotopic (exact) mass is 386 g/mol. The van der Waals surface area contributed by atoms with Gasteiger partial charge in [0.05, 0.1) is 12.2 Å². The summed E-state index contributed by atoms with van der Waals surface area (Å²) in [7, 11) is 0. The zero-order valence-electron chi connectivity index (χ0n) is 16.4. The zero-order chi connectivity index (χ0) is 20.4. The predicted octanol–water partition coefficient (Wildman–Crippen LogP) is 4.46. The lowest BCUT2D eigenvalue weighted by Gasteiger charge is -2.11. The van der Waals surface area contributed by atoms with E-state index >= 15 is 0 Å². The summed E-state index contributed by atoms with van der Waals surface area (Å²) in [5, 5.41) is 15.3. The van der Waals surface area contributed by atoms with Crippen molar-refractivity contribution in [2.75, 3.05) is 0 Å². The molecule has 0 aliphatic heterocycles. The fourth-order valence-electron chi connectivity index (χ4n) is 3.50. The number of carboxylic acids is 1. The average Bonchev–Trinajstić information content (AvgIpc) is 3.27. The normalized spacial score (nSPS) is 11.9. The summed E-state index contributed by atoms with van der Waals surface area (Å²) in [4.78, 5) is 16.2. The maximum Gasteiger partial charge on any atom is 0.331 e. The molecule has 146 valence electrons. The second kappa shape index (κ2) is 7.75. The van der Waals surface area contributed by atoms with Gasteiger partial charge in [0.2, 0.25) is 0 Å². The number of aliphatic carboxylic acids is 1. The molecule has 4 aromatic rings.